The Morgan fingerprint density at radius 3 is 2.33 bits per heavy atom. The van der Waals surface area contributed by atoms with Gasteiger partial charge in [-0.3, -0.25) is 14.5 Å². The molecule has 0 aromatic heterocycles. The summed E-state index contributed by atoms with van der Waals surface area (Å²) in [5, 5.41) is 0. The Morgan fingerprint density at radius 2 is 1.82 bits per heavy atom. The van der Waals surface area contributed by atoms with Crippen molar-refractivity contribution >= 4 is 28.3 Å². The number of nitrogens with zero attached hydrogens (tertiary/aromatic N) is 2. The number of carbonyl (C=O) groups is 3. The molecule has 1 aromatic carbocycles. The summed E-state index contributed by atoms with van der Waals surface area (Å²) in [6.07, 6.45) is -2.56. The molecule has 0 radical (unpaired) electrons. The topological polar surface area (TPSA) is 129 Å². The standard InChI is InChI=1S/C21H30N2O9S/c1-14(24)31-16-13-30-33(27,28)23(20(26)32-21(2,3)4)17(16)18(19(25)29-6)22(5)12-15-10-8-7-9-11-15/h7-11,16-18H,12-13H2,1-6H3/t16-,17+,18-/m1/s1. The van der Waals surface area contributed by atoms with Crippen LogP contribution in [-0.4, -0.2) is 80.2 Å². The molecule has 2 rings (SSSR count). The molecule has 1 saturated heterocycles. The lowest BCUT2D eigenvalue weighted by Crippen LogP contribution is -2.67. The SMILES string of the molecule is COC(=O)[C@@H]([C@@H]1[C@H](OC(C)=O)COS(=O)(=O)N1C(=O)OC(C)(C)C)N(C)Cc1ccccc1. The monoisotopic (exact) mass is 486 g/mol. The quantitative estimate of drug-likeness (QED) is 0.430. The molecule has 12 heteroatoms. The maximum absolute atomic E-state index is 13.0. The van der Waals surface area contributed by atoms with Gasteiger partial charge in [0.1, 0.15) is 24.3 Å². The zero-order valence-corrected chi connectivity index (χ0v) is 20.3. The molecule has 1 fully saturated rings. The van der Waals surface area contributed by atoms with Gasteiger partial charge < -0.3 is 14.2 Å². The van der Waals surface area contributed by atoms with Crippen molar-refractivity contribution < 1.29 is 41.2 Å². The number of likely N-dealkylation sites (N-methyl/N-ethyl adjacent to an activating group) is 1. The molecule has 33 heavy (non-hydrogen) atoms. The lowest BCUT2D eigenvalue weighted by molar-refractivity contribution is -0.162. The Balaban J connectivity index is 2.59. The van der Waals surface area contributed by atoms with E-state index in [1.807, 2.05) is 30.3 Å². The lowest BCUT2D eigenvalue weighted by atomic mass is 10.00. The number of methoxy groups -OCH3 is 1. The van der Waals surface area contributed by atoms with Crippen molar-refractivity contribution in [2.75, 3.05) is 20.8 Å². The Bertz CT molecular complexity index is 960. The molecule has 0 spiro atoms. The van der Waals surface area contributed by atoms with Crippen LogP contribution in [0.5, 0.6) is 0 Å². The van der Waals surface area contributed by atoms with Crippen molar-refractivity contribution in [1.29, 1.82) is 0 Å². The maximum atomic E-state index is 13.0. The highest BCUT2D eigenvalue weighted by Gasteiger charge is 2.54. The van der Waals surface area contributed by atoms with Gasteiger partial charge in [0.25, 0.3) is 0 Å². The first kappa shape index (κ1) is 26.6. The summed E-state index contributed by atoms with van der Waals surface area (Å²) in [6, 6.07) is 6.23. The van der Waals surface area contributed by atoms with Crippen LogP contribution < -0.4 is 0 Å². The zero-order chi connectivity index (χ0) is 25.0. The van der Waals surface area contributed by atoms with Gasteiger partial charge in [-0.25, -0.2) is 8.98 Å². The van der Waals surface area contributed by atoms with E-state index < -0.39 is 58.7 Å². The number of rotatable bonds is 6. The van der Waals surface area contributed by atoms with Crippen molar-refractivity contribution in [2.24, 2.45) is 0 Å². The summed E-state index contributed by atoms with van der Waals surface area (Å²) in [5.41, 5.74) is -0.237. The third-order valence-electron chi connectivity index (χ3n) is 4.68. The first-order valence-electron chi connectivity index (χ1n) is 10.2. The third-order valence-corrected chi connectivity index (χ3v) is 5.99. The van der Waals surface area contributed by atoms with Crippen LogP contribution >= 0.6 is 0 Å². The van der Waals surface area contributed by atoms with E-state index in [2.05, 4.69) is 0 Å². The van der Waals surface area contributed by atoms with E-state index in [-0.39, 0.29) is 6.54 Å². The fourth-order valence-electron chi connectivity index (χ4n) is 3.45. The van der Waals surface area contributed by atoms with Crippen LogP contribution in [0.4, 0.5) is 4.79 Å². The first-order chi connectivity index (χ1) is 15.3. The van der Waals surface area contributed by atoms with Gasteiger partial charge in [0.15, 0.2) is 6.10 Å². The minimum Gasteiger partial charge on any atom is -0.468 e. The number of hydrogen-bond acceptors (Lipinski definition) is 10. The highest BCUT2D eigenvalue weighted by Crippen LogP contribution is 2.29. The molecule has 0 bridgehead atoms. The van der Waals surface area contributed by atoms with E-state index in [0.29, 0.717) is 4.31 Å². The normalized spacial score (nSPS) is 21.2. The Morgan fingerprint density at radius 1 is 1.21 bits per heavy atom. The van der Waals surface area contributed by atoms with Crippen LogP contribution in [0.1, 0.15) is 33.3 Å². The molecule has 11 nitrogen and oxygen atoms in total. The highest BCUT2D eigenvalue weighted by atomic mass is 32.2. The summed E-state index contributed by atoms with van der Waals surface area (Å²) in [4.78, 5) is 39.2. The molecule has 184 valence electrons. The molecule has 0 unspecified atom stereocenters. The van der Waals surface area contributed by atoms with E-state index in [1.165, 1.54) is 4.90 Å². The van der Waals surface area contributed by atoms with Crippen LogP contribution in [0.25, 0.3) is 0 Å². The molecular weight excluding hydrogens is 456 g/mol. The minimum absolute atomic E-state index is 0.201. The number of ether oxygens (including phenoxy) is 3. The van der Waals surface area contributed by atoms with Crippen molar-refractivity contribution in [3.63, 3.8) is 0 Å². The van der Waals surface area contributed by atoms with Crippen LogP contribution in [0.15, 0.2) is 30.3 Å². The molecule has 0 aliphatic carbocycles. The van der Waals surface area contributed by atoms with Crippen LogP contribution in [0.3, 0.4) is 0 Å². The molecule has 1 aliphatic rings. The van der Waals surface area contributed by atoms with Crippen molar-refractivity contribution in [2.45, 2.75) is 58.0 Å². The average molecular weight is 487 g/mol. The summed E-state index contributed by atoms with van der Waals surface area (Å²) >= 11 is 0. The molecule has 3 atom stereocenters. The lowest BCUT2D eigenvalue weighted by Gasteiger charge is -2.43. The van der Waals surface area contributed by atoms with Crippen LogP contribution in [0, 0.1) is 0 Å². The maximum Gasteiger partial charge on any atom is 0.426 e. The number of hydrogen-bond donors (Lipinski definition) is 0. The van der Waals surface area contributed by atoms with E-state index >= 15 is 0 Å². The van der Waals surface area contributed by atoms with Crippen molar-refractivity contribution in [3.05, 3.63) is 35.9 Å². The van der Waals surface area contributed by atoms with E-state index in [1.54, 1.807) is 27.8 Å². The van der Waals surface area contributed by atoms with Gasteiger partial charge in [0, 0.05) is 13.5 Å². The molecule has 0 N–H and O–H groups in total. The van der Waals surface area contributed by atoms with Crippen molar-refractivity contribution in [3.8, 4) is 0 Å². The van der Waals surface area contributed by atoms with Gasteiger partial charge in [0.2, 0.25) is 0 Å². The van der Waals surface area contributed by atoms with Crippen LogP contribution in [-0.2, 0) is 44.8 Å². The number of esters is 2. The van der Waals surface area contributed by atoms with Gasteiger partial charge in [-0.05, 0) is 33.4 Å². The highest BCUT2D eigenvalue weighted by molar-refractivity contribution is 7.85. The smallest absolute Gasteiger partial charge is 0.426 e. The van der Waals surface area contributed by atoms with Gasteiger partial charge >= 0.3 is 28.3 Å². The molecule has 1 aliphatic heterocycles. The summed E-state index contributed by atoms with van der Waals surface area (Å²) in [5.74, 6) is -1.58. The number of benzene rings is 1. The summed E-state index contributed by atoms with van der Waals surface area (Å²) in [7, 11) is -1.97. The molecule has 0 saturated carbocycles. The second-order valence-electron chi connectivity index (χ2n) is 8.53. The molecule has 1 aromatic rings. The van der Waals surface area contributed by atoms with Gasteiger partial charge in [-0.2, -0.15) is 12.7 Å². The fourth-order valence-corrected chi connectivity index (χ4v) is 4.64. The Kier molecular flexibility index (Phi) is 8.44. The van der Waals surface area contributed by atoms with Gasteiger partial charge in [0.05, 0.1) is 7.11 Å². The molecular formula is C21H30N2O9S. The molecule has 1 heterocycles. The number of amides is 1. The summed E-state index contributed by atoms with van der Waals surface area (Å²) in [6.45, 7) is 5.41. The zero-order valence-electron chi connectivity index (χ0n) is 19.5. The fraction of sp³-hybridized carbons (Fsp3) is 0.571. The predicted octanol–water partition coefficient (Wildman–Crippen LogP) is 1.47. The number of carbonyl (C=O) groups excluding carboxylic acids is 3. The molecule has 1 amide bonds. The second kappa shape index (κ2) is 10.5. The first-order valence-corrected chi connectivity index (χ1v) is 11.5. The van der Waals surface area contributed by atoms with Gasteiger partial charge in [-0.1, -0.05) is 30.3 Å². The van der Waals surface area contributed by atoms with Crippen molar-refractivity contribution in [1.82, 2.24) is 9.21 Å². The Labute approximate surface area is 193 Å². The predicted molar refractivity (Wildman–Crippen MR) is 116 cm³/mol. The Hall–Kier alpha value is -2.70. The van der Waals surface area contributed by atoms with E-state index in [0.717, 1.165) is 19.6 Å². The van der Waals surface area contributed by atoms with Crippen LogP contribution in [0.2, 0.25) is 0 Å². The largest absolute Gasteiger partial charge is 0.468 e. The van der Waals surface area contributed by atoms with E-state index in [9.17, 15) is 22.8 Å². The summed E-state index contributed by atoms with van der Waals surface area (Å²) < 4.78 is 46.3. The van der Waals surface area contributed by atoms with Gasteiger partial charge in [-0.15, -0.1) is 0 Å². The average Bonchev–Trinajstić information content (AvgIpc) is 2.68. The third kappa shape index (κ3) is 6.89. The second-order valence-corrected chi connectivity index (χ2v) is 10.0. The van der Waals surface area contributed by atoms with E-state index in [4.69, 9.17) is 18.4 Å². The minimum atomic E-state index is -4.67.